The van der Waals surface area contributed by atoms with E-state index < -0.39 is 5.60 Å². The Morgan fingerprint density at radius 3 is 2.35 bits per heavy atom. The first-order valence-electron chi connectivity index (χ1n) is 6.94. The third-order valence-electron chi connectivity index (χ3n) is 2.62. The van der Waals surface area contributed by atoms with Crippen molar-refractivity contribution in [2.45, 2.75) is 46.1 Å². The number of anilines is 2. The Bertz CT molecular complexity index is 425. The molecule has 1 aromatic rings. The largest absolute Gasteiger partial charge is 0.388 e. The average Bonchev–Trinajstić information content (AvgIpc) is 2.32. The van der Waals surface area contributed by atoms with E-state index in [2.05, 4.69) is 46.4 Å². The Balaban J connectivity index is 2.65. The molecule has 0 spiro atoms. The molecule has 0 aromatic carbocycles. The predicted octanol–water partition coefficient (Wildman–Crippen LogP) is 2.56. The Morgan fingerprint density at radius 2 is 1.80 bits per heavy atom. The van der Waals surface area contributed by atoms with Crippen molar-refractivity contribution in [3.05, 3.63) is 5.28 Å². The highest BCUT2D eigenvalue weighted by Crippen LogP contribution is 2.17. The fourth-order valence-corrected chi connectivity index (χ4v) is 2.13. The van der Waals surface area contributed by atoms with Crippen LogP contribution < -0.4 is 10.6 Å². The van der Waals surface area contributed by atoms with Gasteiger partial charge in [0.1, 0.15) is 0 Å². The van der Waals surface area contributed by atoms with E-state index >= 15 is 0 Å². The van der Waals surface area contributed by atoms with E-state index in [1.165, 1.54) is 0 Å². The highest BCUT2D eigenvalue weighted by molar-refractivity contribution is 6.28. The first kappa shape index (κ1) is 16.9. The molecule has 114 valence electrons. The van der Waals surface area contributed by atoms with Crippen LogP contribution in [0.4, 0.5) is 11.9 Å². The number of rotatable bonds is 8. The zero-order valence-corrected chi connectivity index (χ0v) is 13.3. The third kappa shape index (κ3) is 6.34. The van der Waals surface area contributed by atoms with Gasteiger partial charge >= 0.3 is 0 Å². The summed E-state index contributed by atoms with van der Waals surface area (Å²) < 4.78 is 0. The SMILES string of the molecule is CCCNc1nc(Cl)nc(NCC(C)(O)CC(C)C)n1. The van der Waals surface area contributed by atoms with Crippen LogP contribution >= 0.6 is 11.6 Å². The summed E-state index contributed by atoms with van der Waals surface area (Å²) in [5.74, 6) is 1.22. The lowest BCUT2D eigenvalue weighted by molar-refractivity contribution is 0.0514. The van der Waals surface area contributed by atoms with E-state index in [0.717, 1.165) is 13.0 Å². The molecule has 0 saturated carbocycles. The molecule has 0 aliphatic carbocycles. The normalized spacial score (nSPS) is 14.2. The molecule has 0 radical (unpaired) electrons. The minimum Gasteiger partial charge on any atom is -0.388 e. The molecule has 6 nitrogen and oxygen atoms in total. The molecule has 1 heterocycles. The van der Waals surface area contributed by atoms with Crippen molar-refractivity contribution in [2.24, 2.45) is 5.92 Å². The van der Waals surface area contributed by atoms with E-state index in [9.17, 15) is 5.11 Å². The van der Waals surface area contributed by atoms with Crippen molar-refractivity contribution < 1.29 is 5.11 Å². The summed E-state index contributed by atoms with van der Waals surface area (Å²) >= 11 is 5.86. The molecule has 1 aromatic heterocycles. The second-order valence-electron chi connectivity index (χ2n) is 5.63. The van der Waals surface area contributed by atoms with Gasteiger partial charge in [-0.1, -0.05) is 20.8 Å². The van der Waals surface area contributed by atoms with Gasteiger partial charge in [0.2, 0.25) is 17.2 Å². The first-order chi connectivity index (χ1) is 9.32. The maximum atomic E-state index is 10.2. The second kappa shape index (κ2) is 7.59. The van der Waals surface area contributed by atoms with Gasteiger partial charge in [-0.05, 0) is 37.3 Å². The van der Waals surface area contributed by atoms with Gasteiger partial charge in [0, 0.05) is 13.1 Å². The van der Waals surface area contributed by atoms with Crippen LogP contribution in [0.15, 0.2) is 0 Å². The highest BCUT2D eigenvalue weighted by atomic mass is 35.5. The molecular formula is C13H24ClN5O. The molecule has 1 rings (SSSR count). The minimum atomic E-state index is -0.815. The fourth-order valence-electron chi connectivity index (χ4n) is 1.97. The summed E-state index contributed by atoms with van der Waals surface area (Å²) in [4.78, 5) is 12.2. The summed E-state index contributed by atoms with van der Waals surface area (Å²) in [6.07, 6.45) is 1.66. The van der Waals surface area contributed by atoms with Crippen LogP contribution in [0.5, 0.6) is 0 Å². The van der Waals surface area contributed by atoms with E-state index in [0.29, 0.717) is 30.8 Å². The van der Waals surface area contributed by atoms with E-state index in [1.807, 2.05) is 0 Å². The Labute approximate surface area is 125 Å². The minimum absolute atomic E-state index is 0.129. The molecule has 0 fully saturated rings. The number of aliphatic hydroxyl groups is 1. The van der Waals surface area contributed by atoms with Gasteiger partial charge in [-0.2, -0.15) is 15.0 Å². The number of hydrogen-bond acceptors (Lipinski definition) is 6. The van der Waals surface area contributed by atoms with Crippen LogP contribution in [0, 0.1) is 5.92 Å². The van der Waals surface area contributed by atoms with E-state index in [4.69, 9.17) is 11.6 Å². The smallest absolute Gasteiger partial charge is 0.228 e. The summed E-state index contributed by atoms with van der Waals surface area (Å²) in [5, 5.41) is 16.4. The van der Waals surface area contributed by atoms with Crippen LogP contribution in [0.3, 0.4) is 0 Å². The fraction of sp³-hybridized carbons (Fsp3) is 0.769. The molecule has 0 saturated heterocycles. The Kier molecular flexibility index (Phi) is 6.42. The van der Waals surface area contributed by atoms with E-state index in [-0.39, 0.29) is 5.28 Å². The highest BCUT2D eigenvalue weighted by Gasteiger charge is 2.22. The van der Waals surface area contributed by atoms with Gasteiger partial charge in [-0.15, -0.1) is 0 Å². The standard InChI is InChI=1S/C13H24ClN5O/c1-5-6-15-11-17-10(14)18-12(19-11)16-8-13(4,20)7-9(2)3/h9,20H,5-8H2,1-4H3,(H2,15,16,17,18,19). The Morgan fingerprint density at radius 1 is 1.20 bits per heavy atom. The van der Waals surface area contributed by atoms with Crippen molar-refractivity contribution in [3.8, 4) is 0 Å². The maximum absolute atomic E-state index is 10.2. The molecule has 20 heavy (non-hydrogen) atoms. The summed E-state index contributed by atoms with van der Waals surface area (Å²) in [5.41, 5.74) is -0.815. The van der Waals surface area contributed by atoms with Crippen LogP contribution in [0.1, 0.15) is 40.5 Å². The molecule has 1 unspecified atom stereocenters. The quantitative estimate of drug-likeness (QED) is 0.684. The molecule has 0 aliphatic rings. The summed E-state index contributed by atoms with van der Waals surface area (Å²) in [7, 11) is 0. The van der Waals surface area contributed by atoms with Gasteiger partial charge in [0.15, 0.2) is 0 Å². The topological polar surface area (TPSA) is 83.0 Å². The number of aromatic nitrogens is 3. The van der Waals surface area contributed by atoms with Gasteiger partial charge in [-0.3, -0.25) is 0 Å². The number of nitrogens with zero attached hydrogens (tertiary/aromatic N) is 3. The van der Waals surface area contributed by atoms with Crippen molar-refractivity contribution in [1.29, 1.82) is 0 Å². The first-order valence-corrected chi connectivity index (χ1v) is 7.32. The van der Waals surface area contributed by atoms with Crippen LogP contribution in [-0.2, 0) is 0 Å². The monoisotopic (exact) mass is 301 g/mol. The number of hydrogen-bond donors (Lipinski definition) is 3. The zero-order valence-electron chi connectivity index (χ0n) is 12.6. The van der Waals surface area contributed by atoms with Gasteiger partial charge in [0.25, 0.3) is 0 Å². The lowest BCUT2D eigenvalue weighted by Gasteiger charge is -2.25. The van der Waals surface area contributed by atoms with Crippen molar-refractivity contribution in [2.75, 3.05) is 23.7 Å². The lowest BCUT2D eigenvalue weighted by atomic mass is 9.94. The van der Waals surface area contributed by atoms with Crippen LogP contribution in [-0.4, -0.2) is 38.7 Å². The molecule has 3 N–H and O–H groups in total. The molecule has 0 amide bonds. The van der Waals surface area contributed by atoms with Crippen LogP contribution in [0.25, 0.3) is 0 Å². The van der Waals surface area contributed by atoms with Crippen molar-refractivity contribution in [1.82, 2.24) is 15.0 Å². The van der Waals surface area contributed by atoms with E-state index in [1.54, 1.807) is 6.92 Å². The summed E-state index contributed by atoms with van der Waals surface area (Å²) in [6.45, 7) is 9.11. The number of halogens is 1. The molecule has 0 aliphatic heterocycles. The van der Waals surface area contributed by atoms with Gasteiger partial charge in [0.05, 0.1) is 5.60 Å². The van der Waals surface area contributed by atoms with Crippen LogP contribution in [0.2, 0.25) is 5.28 Å². The molecular weight excluding hydrogens is 278 g/mol. The van der Waals surface area contributed by atoms with Crippen molar-refractivity contribution in [3.63, 3.8) is 0 Å². The molecule has 7 heteroatoms. The summed E-state index contributed by atoms with van der Waals surface area (Å²) in [6, 6.07) is 0. The lowest BCUT2D eigenvalue weighted by Crippen LogP contribution is -2.35. The maximum Gasteiger partial charge on any atom is 0.228 e. The predicted molar refractivity (Wildman–Crippen MR) is 82.2 cm³/mol. The molecule has 1 atom stereocenters. The van der Waals surface area contributed by atoms with Crippen molar-refractivity contribution >= 4 is 23.5 Å². The number of nitrogens with one attached hydrogen (secondary N) is 2. The van der Waals surface area contributed by atoms with Gasteiger partial charge < -0.3 is 15.7 Å². The second-order valence-corrected chi connectivity index (χ2v) is 5.96. The van der Waals surface area contributed by atoms with Gasteiger partial charge in [-0.25, -0.2) is 0 Å². The molecule has 0 bridgehead atoms. The average molecular weight is 302 g/mol. The zero-order chi connectivity index (χ0) is 15.2. The Hall–Kier alpha value is -1.14. The third-order valence-corrected chi connectivity index (χ3v) is 2.79.